The molecule has 3 rings (SSSR count). The van der Waals surface area contributed by atoms with Gasteiger partial charge in [-0.2, -0.15) is 0 Å². The molecule has 36 heavy (non-hydrogen) atoms. The maximum atomic E-state index is 13.0. The number of carboxylic acids is 1. The van der Waals surface area contributed by atoms with Crippen molar-refractivity contribution in [2.75, 3.05) is 24.9 Å². The van der Waals surface area contributed by atoms with Gasteiger partial charge < -0.3 is 25.2 Å². The number of amides is 2. The zero-order valence-corrected chi connectivity index (χ0v) is 21.4. The number of carbonyl (C=O) groups is 3. The molecule has 0 saturated carbocycles. The highest BCUT2D eigenvalue weighted by Crippen LogP contribution is 2.34. The van der Waals surface area contributed by atoms with E-state index in [2.05, 4.69) is 15.6 Å². The molecule has 0 spiro atoms. The van der Waals surface area contributed by atoms with Gasteiger partial charge >= 0.3 is 5.97 Å². The molecular formula is C25H25N3O6S2. The minimum Gasteiger partial charge on any atom is -0.493 e. The van der Waals surface area contributed by atoms with Crippen LogP contribution in [0.5, 0.6) is 11.5 Å². The summed E-state index contributed by atoms with van der Waals surface area (Å²) in [5.41, 5.74) is 2.04. The van der Waals surface area contributed by atoms with Crippen molar-refractivity contribution < 1.29 is 29.0 Å². The van der Waals surface area contributed by atoms with E-state index in [1.807, 2.05) is 30.5 Å². The first kappa shape index (κ1) is 26.8. The molecule has 11 heteroatoms. The third kappa shape index (κ3) is 7.33. The van der Waals surface area contributed by atoms with E-state index in [0.29, 0.717) is 34.4 Å². The molecule has 9 nitrogen and oxygen atoms in total. The maximum Gasteiger partial charge on any atom is 0.328 e. The van der Waals surface area contributed by atoms with Crippen LogP contribution in [0.1, 0.15) is 13.3 Å². The Hall–Kier alpha value is -3.83. The number of rotatable bonds is 11. The molecule has 1 aromatic heterocycles. The van der Waals surface area contributed by atoms with Crippen molar-refractivity contribution in [3.63, 3.8) is 0 Å². The summed E-state index contributed by atoms with van der Waals surface area (Å²) in [5, 5.41) is 16.1. The van der Waals surface area contributed by atoms with Crippen LogP contribution < -0.4 is 20.1 Å². The van der Waals surface area contributed by atoms with Crippen molar-refractivity contribution in [2.45, 2.75) is 23.5 Å². The molecule has 0 bridgehead atoms. The van der Waals surface area contributed by atoms with Gasteiger partial charge in [0.1, 0.15) is 0 Å². The van der Waals surface area contributed by atoms with E-state index in [9.17, 15) is 14.4 Å². The SMILES string of the molecule is CCC(Sc1cccc(NC(=O)/C=C/C(=O)O)c1)C(=O)Nc1nc(-c2ccc(OC)c(OC)c2)cs1. The quantitative estimate of drug-likeness (QED) is 0.237. The van der Waals surface area contributed by atoms with Crippen LogP contribution in [0.3, 0.4) is 0 Å². The Morgan fingerprint density at radius 3 is 2.56 bits per heavy atom. The Labute approximate surface area is 216 Å². The second-order valence-electron chi connectivity index (χ2n) is 7.30. The largest absolute Gasteiger partial charge is 0.493 e. The van der Waals surface area contributed by atoms with Crippen LogP contribution in [-0.4, -0.2) is 47.3 Å². The van der Waals surface area contributed by atoms with Gasteiger partial charge in [0.25, 0.3) is 0 Å². The van der Waals surface area contributed by atoms with Gasteiger partial charge in [0, 0.05) is 33.7 Å². The smallest absolute Gasteiger partial charge is 0.328 e. The predicted octanol–water partition coefficient (Wildman–Crippen LogP) is 4.92. The lowest BCUT2D eigenvalue weighted by molar-refractivity contribution is -0.131. The first-order chi connectivity index (χ1) is 17.3. The third-order valence-corrected chi connectivity index (χ3v) is 6.95. The van der Waals surface area contributed by atoms with Crippen LogP contribution in [-0.2, 0) is 14.4 Å². The number of ether oxygens (including phenoxy) is 2. The summed E-state index contributed by atoms with van der Waals surface area (Å²) in [4.78, 5) is 40.7. The van der Waals surface area contributed by atoms with Crippen LogP contribution in [0.15, 0.2) is 64.9 Å². The van der Waals surface area contributed by atoms with Gasteiger partial charge in [-0.25, -0.2) is 9.78 Å². The molecule has 0 aliphatic carbocycles. The number of nitrogens with one attached hydrogen (secondary N) is 2. The standard InChI is InChI=1S/C25H25N3O6S2/c1-4-21(36-17-7-5-6-16(13-17)26-22(29)10-11-23(30)31)24(32)28-25-27-18(14-35-25)15-8-9-19(33-2)20(12-15)34-3/h5-14,21H,4H2,1-3H3,(H,26,29)(H,30,31)(H,27,28,32)/b11-10+. The van der Waals surface area contributed by atoms with Crippen molar-refractivity contribution in [1.82, 2.24) is 4.98 Å². The third-order valence-electron chi connectivity index (χ3n) is 4.83. The Balaban J connectivity index is 1.65. The molecule has 0 radical (unpaired) electrons. The lowest BCUT2D eigenvalue weighted by Gasteiger charge is -2.14. The molecule has 1 unspecified atom stereocenters. The van der Waals surface area contributed by atoms with Crippen LogP contribution in [0.2, 0.25) is 0 Å². The Morgan fingerprint density at radius 2 is 1.86 bits per heavy atom. The molecule has 3 aromatic rings. The highest BCUT2D eigenvalue weighted by molar-refractivity contribution is 8.00. The first-order valence-electron chi connectivity index (χ1n) is 10.8. The number of thioether (sulfide) groups is 1. The number of carbonyl (C=O) groups excluding carboxylic acids is 2. The fourth-order valence-electron chi connectivity index (χ4n) is 3.11. The number of nitrogens with zero attached hydrogens (tertiary/aromatic N) is 1. The number of benzene rings is 2. The summed E-state index contributed by atoms with van der Waals surface area (Å²) in [7, 11) is 3.14. The summed E-state index contributed by atoms with van der Waals surface area (Å²) in [6.07, 6.45) is 2.28. The number of carboxylic acid groups (broad SMARTS) is 1. The molecule has 3 N–H and O–H groups in total. The van der Waals surface area contributed by atoms with Crippen LogP contribution in [0.4, 0.5) is 10.8 Å². The molecule has 2 aromatic carbocycles. The number of methoxy groups -OCH3 is 2. The summed E-state index contributed by atoms with van der Waals surface area (Å²) in [5.74, 6) is -0.740. The van der Waals surface area contributed by atoms with Gasteiger partial charge in [-0.15, -0.1) is 23.1 Å². The topological polar surface area (TPSA) is 127 Å². The zero-order valence-electron chi connectivity index (χ0n) is 19.8. The van der Waals surface area contributed by atoms with Gasteiger partial charge in [0.15, 0.2) is 16.6 Å². The summed E-state index contributed by atoms with van der Waals surface area (Å²) < 4.78 is 10.6. The predicted molar refractivity (Wildman–Crippen MR) is 141 cm³/mol. The minimum absolute atomic E-state index is 0.186. The number of anilines is 2. The Morgan fingerprint density at radius 1 is 1.08 bits per heavy atom. The molecule has 1 heterocycles. The average molecular weight is 528 g/mol. The van der Waals surface area contributed by atoms with E-state index >= 15 is 0 Å². The number of aromatic nitrogens is 1. The number of hydrogen-bond donors (Lipinski definition) is 3. The van der Waals surface area contributed by atoms with Gasteiger partial charge in [-0.05, 0) is 42.8 Å². The zero-order chi connectivity index (χ0) is 26.1. The molecule has 2 amide bonds. The van der Waals surface area contributed by atoms with Crippen LogP contribution in [0, 0.1) is 0 Å². The molecule has 0 aliphatic heterocycles. The van der Waals surface area contributed by atoms with Crippen molar-refractivity contribution in [1.29, 1.82) is 0 Å². The van der Waals surface area contributed by atoms with Gasteiger partial charge in [0.2, 0.25) is 11.8 Å². The molecule has 0 fully saturated rings. The fourth-order valence-corrected chi connectivity index (χ4v) is 4.85. The molecular weight excluding hydrogens is 502 g/mol. The van der Waals surface area contributed by atoms with E-state index in [1.54, 1.807) is 38.5 Å². The summed E-state index contributed by atoms with van der Waals surface area (Å²) in [6, 6.07) is 12.5. The number of hydrogen-bond acceptors (Lipinski definition) is 8. The molecule has 0 saturated heterocycles. The van der Waals surface area contributed by atoms with E-state index < -0.39 is 17.1 Å². The van der Waals surface area contributed by atoms with E-state index in [-0.39, 0.29) is 5.91 Å². The Kier molecular flexibility index (Phi) is 9.48. The number of thiazole rings is 1. The van der Waals surface area contributed by atoms with Crippen molar-refractivity contribution in [3.05, 3.63) is 60.0 Å². The van der Waals surface area contributed by atoms with E-state index in [0.717, 1.165) is 22.6 Å². The van der Waals surface area contributed by atoms with Crippen molar-refractivity contribution in [2.24, 2.45) is 0 Å². The normalized spacial score (nSPS) is 11.6. The van der Waals surface area contributed by atoms with E-state index in [1.165, 1.54) is 23.1 Å². The minimum atomic E-state index is -1.21. The monoisotopic (exact) mass is 527 g/mol. The van der Waals surface area contributed by atoms with Crippen LogP contribution in [0.25, 0.3) is 11.3 Å². The second-order valence-corrected chi connectivity index (χ2v) is 9.43. The molecule has 188 valence electrons. The van der Waals surface area contributed by atoms with Gasteiger partial charge in [0.05, 0.1) is 25.2 Å². The van der Waals surface area contributed by atoms with Crippen LogP contribution >= 0.6 is 23.1 Å². The summed E-state index contributed by atoms with van der Waals surface area (Å²) >= 11 is 2.68. The number of aliphatic carboxylic acids is 1. The highest BCUT2D eigenvalue weighted by Gasteiger charge is 2.20. The average Bonchev–Trinajstić information content (AvgIpc) is 3.34. The van der Waals surface area contributed by atoms with Gasteiger partial charge in [-0.1, -0.05) is 13.0 Å². The lowest BCUT2D eigenvalue weighted by Crippen LogP contribution is -2.24. The lowest BCUT2D eigenvalue weighted by atomic mass is 10.1. The maximum absolute atomic E-state index is 13.0. The second kappa shape index (κ2) is 12.8. The van der Waals surface area contributed by atoms with Crippen molar-refractivity contribution in [3.8, 4) is 22.8 Å². The fraction of sp³-hybridized carbons (Fsp3) is 0.200. The van der Waals surface area contributed by atoms with E-state index in [4.69, 9.17) is 14.6 Å². The van der Waals surface area contributed by atoms with Gasteiger partial charge in [-0.3, -0.25) is 9.59 Å². The first-order valence-corrected chi connectivity index (χ1v) is 12.6. The Bertz CT molecular complexity index is 1270. The van der Waals surface area contributed by atoms with Crippen molar-refractivity contribution >= 4 is 51.7 Å². The summed E-state index contributed by atoms with van der Waals surface area (Å²) in [6.45, 7) is 1.91. The molecule has 0 aliphatic rings. The molecule has 1 atom stereocenters. The highest BCUT2D eigenvalue weighted by atomic mass is 32.2.